The van der Waals surface area contributed by atoms with Crippen molar-refractivity contribution in [3.63, 3.8) is 0 Å². The summed E-state index contributed by atoms with van der Waals surface area (Å²) in [5, 5.41) is 5.74. The SMILES string of the molecule is CCCCC(C)CNC(=O)N1C(N)NC2CCCC(C(F)(F)F)C2C1N. The molecule has 6 atom stereocenters. The lowest BCUT2D eigenvalue weighted by Gasteiger charge is -2.52. The van der Waals surface area contributed by atoms with E-state index in [9.17, 15) is 18.0 Å². The van der Waals surface area contributed by atoms with Gasteiger partial charge in [0.1, 0.15) is 6.29 Å². The largest absolute Gasteiger partial charge is 0.392 e. The number of amides is 2. The number of nitrogens with zero attached hydrogens (tertiary/aromatic N) is 1. The third-order valence-corrected chi connectivity index (χ3v) is 5.67. The number of carbonyl (C=O) groups excluding carboxylic acids is 1. The Balaban J connectivity index is 2.05. The lowest BCUT2D eigenvalue weighted by Crippen LogP contribution is -2.75. The number of nitrogens with one attached hydrogen (secondary N) is 2. The first kappa shape index (κ1) is 21.2. The lowest BCUT2D eigenvalue weighted by molar-refractivity contribution is -0.212. The molecule has 1 aliphatic carbocycles. The number of alkyl halides is 3. The number of nitrogens with two attached hydrogens (primary N) is 2. The molecule has 6 N–H and O–H groups in total. The number of rotatable bonds is 5. The zero-order chi connectivity index (χ0) is 19.5. The summed E-state index contributed by atoms with van der Waals surface area (Å²) in [6.07, 6.45) is -2.06. The van der Waals surface area contributed by atoms with E-state index >= 15 is 0 Å². The van der Waals surface area contributed by atoms with Crippen molar-refractivity contribution in [2.24, 2.45) is 29.2 Å². The van der Waals surface area contributed by atoms with Gasteiger partial charge in [-0.2, -0.15) is 13.2 Å². The zero-order valence-corrected chi connectivity index (χ0v) is 15.6. The van der Waals surface area contributed by atoms with E-state index in [-0.39, 0.29) is 12.3 Å². The van der Waals surface area contributed by atoms with Crippen molar-refractivity contribution >= 4 is 6.03 Å². The number of carbonyl (C=O) groups is 1. The summed E-state index contributed by atoms with van der Waals surface area (Å²) in [6, 6.07) is -0.932. The first-order valence-electron chi connectivity index (χ1n) is 9.56. The normalized spacial score (nSPS) is 33.5. The van der Waals surface area contributed by atoms with Crippen LogP contribution in [0.1, 0.15) is 52.4 Å². The Morgan fingerprint density at radius 3 is 2.65 bits per heavy atom. The Bertz CT molecular complexity index is 476. The van der Waals surface area contributed by atoms with E-state index < -0.39 is 42.5 Å². The topological polar surface area (TPSA) is 96.4 Å². The average Bonchev–Trinajstić information content (AvgIpc) is 2.56. The molecule has 0 bridgehead atoms. The standard InChI is InChI=1S/C17H32F3N5O/c1-3-4-6-10(2)9-23-16(26)25-14(21)13-11(17(18,19)20)7-5-8-12(13)24-15(25)22/h10-15,24H,3-9,21-22H2,1-2H3,(H,23,26). The Kier molecular flexibility index (Phi) is 7.15. The van der Waals surface area contributed by atoms with Crippen LogP contribution >= 0.6 is 0 Å². The summed E-state index contributed by atoms with van der Waals surface area (Å²) >= 11 is 0. The maximum atomic E-state index is 13.4. The quantitative estimate of drug-likeness (QED) is 0.589. The minimum Gasteiger partial charge on any atom is -0.338 e. The van der Waals surface area contributed by atoms with E-state index in [1.54, 1.807) is 0 Å². The Labute approximate surface area is 153 Å². The molecule has 0 aromatic rings. The fourth-order valence-corrected chi connectivity index (χ4v) is 4.22. The molecular formula is C17H32F3N5O. The van der Waals surface area contributed by atoms with Gasteiger partial charge in [-0.3, -0.25) is 16.0 Å². The van der Waals surface area contributed by atoms with Crippen molar-refractivity contribution in [3.8, 4) is 0 Å². The molecule has 0 spiro atoms. The van der Waals surface area contributed by atoms with Gasteiger partial charge in [-0.25, -0.2) is 4.79 Å². The smallest absolute Gasteiger partial charge is 0.338 e. The summed E-state index contributed by atoms with van der Waals surface area (Å²) in [5.74, 6) is -2.11. The molecule has 152 valence electrons. The van der Waals surface area contributed by atoms with Gasteiger partial charge < -0.3 is 11.1 Å². The van der Waals surface area contributed by atoms with Crippen LogP contribution < -0.4 is 22.1 Å². The Morgan fingerprint density at radius 2 is 2.04 bits per heavy atom. The van der Waals surface area contributed by atoms with Crippen molar-refractivity contribution in [1.29, 1.82) is 0 Å². The van der Waals surface area contributed by atoms with Gasteiger partial charge in [0, 0.05) is 18.5 Å². The molecule has 6 unspecified atom stereocenters. The molecule has 2 amide bonds. The number of hydrogen-bond donors (Lipinski definition) is 4. The average molecular weight is 379 g/mol. The van der Waals surface area contributed by atoms with E-state index in [0.29, 0.717) is 19.4 Å². The molecule has 2 fully saturated rings. The van der Waals surface area contributed by atoms with Gasteiger partial charge >= 0.3 is 12.2 Å². The van der Waals surface area contributed by atoms with E-state index in [1.807, 2.05) is 6.92 Å². The second-order valence-electron chi connectivity index (χ2n) is 7.71. The van der Waals surface area contributed by atoms with Crippen molar-refractivity contribution in [2.45, 2.75) is 77.0 Å². The molecule has 1 aliphatic heterocycles. The molecule has 26 heavy (non-hydrogen) atoms. The highest BCUT2D eigenvalue weighted by atomic mass is 19.4. The van der Waals surface area contributed by atoms with Gasteiger partial charge in [0.15, 0.2) is 0 Å². The monoisotopic (exact) mass is 379 g/mol. The maximum absolute atomic E-state index is 13.4. The van der Waals surface area contributed by atoms with Crippen LogP contribution in [0.25, 0.3) is 0 Å². The van der Waals surface area contributed by atoms with E-state index in [0.717, 1.165) is 24.2 Å². The summed E-state index contributed by atoms with van der Waals surface area (Å²) in [6.45, 7) is 4.58. The van der Waals surface area contributed by atoms with Gasteiger partial charge in [0.2, 0.25) is 0 Å². The van der Waals surface area contributed by atoms with Crippen molar-refractivity contribution in [3.05, 3.63) is 0 Å². The van der Waals surface area contributed by atoms with Gasteiger partial charge in [-0.1, -0.05) is 33.1 Å². The van der Waals surface area contributed by atoms with E-state index in [1.165, 1.54) is 0 Å². The summed E-state index contributed by atoms with van der Waals surface area (Å²) in [4.78, 5) is 13.7. The van der Waals surface area contributed by atoms with Crippen LogP contribution in [0.2, 0.25) is 0 Å². The fraction of sp³-hybridized carbons (Fsp3) is 0.941. The van der Waals surface area contributed by atoms with Gasteiger partial charge in [0.05, 0.1) is 12.1 Å². The van der Waals surface area contributed by atoms with Crippen LogP contribution in [0.5, 0.6) is 0 Å². The summed E-state index contributed by atoms with van der Waals surface area (Å²) in [5.41, 5.74) is 12.2. The van der Waals surface area contributed by atoms with Gasteiger partial charge in [0.25, 0.3) is 0 Å². The van der Waals surface area contributed by atoms with Crippen molar-refractivity contribution < 1.29 is 18.0 Å². The summed E-state index contributed by atoms with van der Waals surface area (Å²) < 4.78 is 40.3. The van der Waals surface area contributed by atoms with E-state index in [4.69, 9.17) is 11.5 Å². The minimum absolute atomic E-state index is 0.0405. The third-order valence-electron chi connectivity index (χ3n) is 5.67. The highest BCUT2D eigenvalue weighted by molar-refractivity contribution is 5.75. The van der Waals surface area contributed by atoms with Crippen LogP contribution in [0.3, 0.4) is 0 Å². The maximum Gasteiger partial charge on any atom is 0.392 e. The van der Waals surface area contributed by atoms with Crippen molar-refractivity contribution in [2.75, 3.05) is 6.54 Å². The third kappa shape index (κ3) is 4.80. The highest BCUT2D eigenvalue weighted by Crippen LogP contribution is 2.44. The minimum atomic E-state index is -4.33. The van der Waals surface area contributed by atoms with Crippen LogP contribution in [-0.2, 0) is 0 Å². The number of unbranched alkanes of at least 4 members (excludes halogenated alkanes) is 1. The van der Waals surface area contributed by atoms with Crippen LogP contribution in [0.4, 0.5) is 18.0 Å². The van der Waals surface area contributed by atoms with Gasteiger partial charge in [-0.15, -0.1) is 0 Å². The predicted octanol–water partition coefficient (Wildman–Crippen LogP) is 2.30. The summed E-state index contributed by atoms with van der Waals surface area (Å²) in [7, 11) is 0. The lowest BCUT2D eigenvalue weighted by atomic mass is 9.72. The molecule has 1 saturated heterocycles. The predicted molar refractivity (Wildman–Crippen MR) is 93.7 cm³/mol. The molecule has 2 aliphatic rings. The highest BCUT2D eigenvalue weighted by Gasteiger charge is 2.55. The van der Waals surface area contributed by atoms with Crippen molar-refractivity contribution in [1.82, 2.24) is 15.5 Å². The molecule has 9 heteroatoms. The molecule has 6 nitrogen and oxygen atoms in total. The number of hydrogen-bond acceptors (Lipinski definition) is 4. The van der Waals surface area contributed by atoms with Crippen LogP contribution in [-0.4, -0.2) is 42.1 Å². The van der Waals surface area contributed by atoms with Gasteiger partial charge in [-0.05, 0) is 25.2 Å². The molecule has 0 aromatic carbocycles. The van der Waals surface area contributed by atoms with E-state index in [2.05, 4.69) is 17.6 Å². The zero-order valence-electron chi connectivity index (χ0n) is 15.6. The first-order valence-corrected chi connectivity index (χ1v) is 9.56. The molecule has 0 radical (unpaired) electrons. The molecular weight excluding hydrogens is 347 g/mol. The van der Waals surface area contributed by atoms with Crippen LogP contribution in [0.15, 0.2) is 0 Å². The number of urea groups is 1. The second-order valence-corrected chi connectivity index (χ2v) is 7.71. The molecule has 1 saturated carbocycles. The Hall–Kier alpha value is -1.06. The second kappa shape index (κ2) is 8.75. The molecule has 0 aromatic heterocycles. The Morgan fingerprint density at radius 1 is 1.35 bits per heavy atom. The number of fused-ring (bicyclic) bond motifs is 1. The first-order chi connectivity index (χ1) is 12.2. The van der Waals surface area contributed by atoms with Crippen LogP contribution in [0, 0.1) is 17.8 Å². The molecule has 1 heterocycles. The fourth-order valence-electron chi connectivity index (χ4n) is 4.22. The number of halogens is 3. The molecule has 2 rings (SSSR count).